The molecule has 4 aliphatic carbocycles. The SMILES string of the molecule is C[C@]12CC[C@H](O)C[C@@H]1CC[C@@H]1[C@@H]2CC[C@]2(C)[C@@H](c3ccc4c(c3)CN=C4)CC[C@@H]12. The molecule has 0 amide bonds. The summed E-state index contributed by atoms with van der Waals surface area (Å²) in [5.41, 5.74) is 5.34. The van der Waals surface area contributed by atoms with Gasteiger partial charge in [-0.1, -0.05) is 32.0 Å². The summed E-state index contributed by atoms with van der Waals surface area (Å²) in [6, 6.07) is 7.23. The average molecular weight is 392 g/mol. The Bertz CT molecular complexity index is 845. The first-order chi connectivity index (χ1) is 14.0. The zero-order valence-electron chi connectivity index (χ0n) is 18.2. The molecule has 0 bridgehead atoms. The minimum absolute atomic E-state index is 0.0295. The first-order valence-electron chi connectivity index (χ1n) is 12.3. The van der Waals surface area contributed by atoms with Crippen LogP contribution in [0.4, 0.5) is 0 Å². The third-order valence-electron chi connectivity index (χ3n) is 10.7. The third-order valence-corrected chi connectivity index (χ3v) is 10.7. The van der Waals surface area contributed by atoms with Gasteiger partial charge in [0.25, 0.3) is 0 Å². The van der Waals surface area contributed by atoms with Gasteiger partial charge in [0.1, 0.15) is 0 Å². The number of hydrogen-bond donors (Lipinski definition) is 1. The van der Waals surface area contributed by atoms with E-state index in [-0.39, 0.29) is 6.10 Å². The Morgan fingerprint density at radius 1 is 0.931 bits per heavy atom. The summed E-state index contributed by atoms with van der Waals surface area (Å²) in [6.45, 7) is 6.14. The van der Waals surface area contributed by atoms with Gasteiger partial charge in [-0.3, -0.25) is 4.99 Å². The topological polar surface area (TPSA) is 32.6 Å². The molecule has 0 spiro atoms. The van der Waals surface area contributed by atoms with Crippen molar-refractivity contribution in [3.05, 3.63) is 34.9 Å². The molecule has 2 nitrogen and oxygen atoms in total. The van der Waals surface area contributed by atoms with Crippen LogP contribution >= 0.6 is 0 Å². The van der Waals surface area contributed by atoms with Crippen LogP contribution in [0.1, 0.15) is 94.2 Å². The second-order valence-corrected chi connectivity index (χ2v) is 11.7. The fourth-order valence-electron chi connectivity index (χ4n) is 9.13. The Morgan fingerprint density at radius 2 is 1.76 bits per heavy atom. The van der Waals surface area contributed by atoms with Gasteiger partial charge < -0.3 is 5.11 Å². The second kappa shape index (κ2) is 6.42. The maximum atomic E-state index is 10.3. The average Bonchev–Trinajstić information content (AvgIpc) is 3.31. The second-order valence-electron chi connectivity index (χ2n) is 11.7. The van der Waals surface area contributed by atoms with Crippen molar-refractivity contribution in [2.24, 2.45) is 39.5 Å². The fraction of sp³-hybridized carbons (Fsp3) is 0.741. The highest BCUT2D eigenvalue weighted by molar-refractivity contribution is 5.84. The minimum Gasteiger partial charge on any atom is -0.393 e. The van der Waals surface area contributed by atoms with Crippen LogP contribution in [0, 0.1) is 34.5 Å². The van der Waals surface area contributed by atoms with Crippen molar-refractivity contribution in [3.8, 4) is 0 Å². The minimum atomic E-state index is -0.0295. The molecule has 4 saturated carbocycles. The summed E-state index contributed by atoms with van der Waals surface area (Å²) < 4.78 is 0. The molecule has 5 aliphatic rings. The van der Waals surface area contributed by atoms with Crippen LogP contribution in [0.5, 0.6) is 0 Å². The molecular formula is C27H37NO. The molecule has 0 radical (unpaired) electrons. The highest BCUT2D eigenvalue weighted by Gasteiger charge is 2.60. The van der Waals surface area contributed by atoms with Crippen molar-refractivity contribution < 1.29 is 5.11 Å². The van der Waals surface area contributed by atoms with Crippen LogP contribution in [-0.4, -0.2) is 17.4 Å². The number of nitrogens with zero attached hydrogens (tertiary/aromatic N) is 1. The lowest BCUT2D eigenvalue weighted by Gasteiger charge is -2.61. The Labute approximate surface area is 176 Å². The number of aliphatic hydroxyl groups excluding tert-OH is 1. The summed E-state index contributed by atoms with van der Waals surface area (Å²) in [7, 11) is 0. The molecule has 1 aromatic carbocycles. The zero-order chi connectivity index (χ0) is 19.8. The number of fused-ring (bicyclic) bond motifs is 6. The van der Waals surface area contributed by atoms with E-state index in [0.717, 1.165) is 49.0 Å². The number of rotatable bonds is 1. The van der Waals surface area contributed by atoms with Crippen molar-refractivity contribution >= 4 is 6.21 Å². The molecule has 29 heavy (non-hydrogen) atoms. The molecule has 156 valence electrons. The summed E-state index contributed by atoms with van der Waals surface area (Å²) in [4.78, 5) is 4.48. The Morgan fingerprint density at radius 3 is 2.66 bits per heavy atom. The summed E-state index contributed by atoms with van der Waals surface area (Å²) in [5, 5.41) is 10.3. The smallest absolute Gasteiger partial charge is 0.0646 e. The van der Waals surface area contributed by atoms with Gasteiger partial charge in [0.05, 0.1) is 12.6 Å². The van der Waals surface area contributed by atoms with Gasteiger partial charge in [0, 0.05) is 6.21 Å². The van der Waals surface area contributed by atoms with Gasteiger partial charge in [-0.2, -0.15) is 0 Å². The van der Waals surface area contributed by atoms with Crippen LogP contribution in [0.3, 0.4) is 0 Å². The molecule has 0 saturated heterocycles. The molecule has 6 rings (SSSR count). The highest BCUT2D eigenvalue weighted by atomic mass is 16.3. The molecule has 1 aromatic rings. The largest absolute Gasteiger partial charge is 0.393 e. The number of aliphatic imine (C=N–C) groups is 1. The lowest BCUT2D eigenvalue weighted by Crippen LogP contribution is -2.53. The summed E-state index contributed by atoms with van der Waals surface area (Å²) >= 11 is 0. The van der Waals surface area contributed by atoms with Crippen LogP contribution in [0.2, 0.25) is 0 Å². The van der Waals surface area contributed by atoms with Crippen molar-refractivity contribution in [1.82, 2.24) is 0 Å². The van der Waals surface area contributed by atoms with Crippen LogP contribution in [0.25, 0.3) is 0 Å². The molecule has 1 aliphatic heterocycles. The lowest BCUT2D eigenvalue weighted by molar-refractivity contribution is -0.122. The monoisotopic (exact) mass is 391 g/mol. The quantitative estimate of drug-likeness (QED) is 0.616. The van der Waals surface area contributed by atoms with Gasteiger partial charge in [0.15, 0.2) is 0 Å². The normalized spacial score (nSPS) is 48.0. The molecule has 4 fully saturated rings. The van der Waals surface area contributed by atoms with Gasteiger partial charge in [0.2, 0.25) is 0 Å². The van der Waals surface area contributed by atoms with Crippen LogP contribution in [-0.2, 0) is 6.54 Å². The van der Waals surface area contributed by atoms with E-state index in [1.807, 2.05) is 6.21 Å². The van der Waals surface area contributed by atoms with E-state index in [2.05, 4.69) is 37.0 Å². The zero-order valence-corrected chi connectivity index (χ0v) is 18.2. The molecule has 1 N–H and O–H groups in total. The first kappa shape index (κ1) is 18.6. The van der Waals surface area contributed by atoms with E-state index in [9.17, 15) is 5.11 Å². The third kappa shape index (κ3) is 2.60. The lowest BCUT2D eigenvalue weighted by atomic mass is 9.44. The Hall–Kier alpha value is -1.15. The molecule has 0 aromatic heterocycles. The van der Waals surface area contributed by atoms with Crippen LogP contribution in [0.15, 0.2) is 23.2 Å². The molecule has 1 heterocycles. The summed E-state index contributed by atoms with van der Waals surface area (Å²) in [5.74, 6) is 4.23. The number of aliphatic hydroxyl groups is 1. The highest BCUT2D eigenvalue weighted by Crippen LogP contribution is 2.69. The maximum Gasteiger partial charge on any atom is 0.0646 e. The van der Waals surface area contributed by atoms with E-state index in [1.54, 1.807) is 5.56 Å². The number of benzene rings is 1. The predicted octanol–water partition coefficient (Wildman–Crippen LogP) is 6.11. The molecule has 2 heteroatoms. The first-order valence-corrected chi connectivity index (χ1v) is 12.3. The molecule has 8 atom stereocenters. The van der Waals surface area contributed by atoms with E-state index < -0.39 is 0 Å². The predicted molar refractivity (Wildman–Crippen MR) is 118 cm³/mol. The van der Waals surface area contributed by atoms with Gasteiger partial charge in [-0.15, -0.1) is 0 Å². The van der Waals surface area contributed by atoms with Gasteiger partial charge in [-0.25, -0.2) is 0 Å². The van der Waals surface area contributed by atoms with Crippen molar-refractivity contribution in [3.63, 3.8) is 0 Å². The van der Waals surface area contributed by atoms with E-state index in [0.29, 0.717) is 10.8 Å². The van der Waals surface area contributed by atoms with Gasteiger partial charge in [-0.05, 0) is 115 Å². The number of hydrogen-bond acceptors (Lipinski definition) is 2. The van der Waals surface area contributed by atoms with Crippen molar-refractivity contribution in [1.29, 1.82) is 0 Å². The maximum absolute atomic E-state index is 10.3. The van der Waals surface area contributed by atoms with Crippen molar-refractivity contribution in [2.75, 3.05) is 0 Å². The Kier molecular flexibility index (Phi) is 4.12. The van der Waals surface area contributed by atoms with E-state index >= 15 is 0 Å². The van der Waals surface area contributed by atoms with E-state index in [1.165, 1.54) is 56.1 Å². The van der Waals surface area contributed by atoms with Crippen LogP contribution < -0.4 is 0 Å². The van der Waals surface area contributed by atoms with Crippen molar-refractivity contribution in [2.45, 2.75) is 90.2 Å². The van der Waals surface area contributed by atoms with E-state index in [4.69, 9.17) is 0 Å². The Balaban J connectivity index is 1.29. The standard InChI is InChI=1S/C27H37NO/c1-26-11-9-21(29)14-20(26)5-6-22-24-8-7-23(27(24,2)12-10-25(22)26)17-3-4-18-15-28-16-19(18)13-17/h3-4,13,15,20-25,29H,5-12,14,16H2,1-2H3/t20-,21-,22-,23+,24-,25-,26-,27+/m0/s1. The van der Waals surface area contributed by atoms with Gasteiger partial charge >= 0.3 is 0 Å². The fourth-order valence-corrected chi connectivity index (χ4v) is 9.13. The summed E-state index contributed by atoms with van der Waals surface area (Å²) in [6.07, 6.45) is 13.8. The molecule has 0 unspecified atom stereocenters. The molecular weight excluding hydrogens is 354 g/mol.